The SMILES string of the molecule is CCCCC(=O)N1CCC(C[C@@H](NC(=O)[C@H](Cc2cc(C)c3[nH]ncc3c2)NC(=O)N2CCC(c3cc4ccccc4[nH]c3=O)CC2)C(=O)N2CCN(c3ccncc3)CC2)CC1. The van der Waals surface area contributed by atoms with E-state index in [1.807, 2.05) is 71.3 Å². The molecule has 2 atom stereocenters. The summed E-state index contributed by atoms with van der Waals surface area (Å²) >= 11 is 0. The molecule has 3 aliphatic heterocycles. The number of fused-ring (bicyclic) bond motifs is 2. The van der Waals surface area contributed by atoms with Gasteiger partial charge in [0.2, 0.25) is 17.7 Å². The zero-order chi connectivity index (χ0) is 43.9. The van der Waals surface area contributed by atoms with Crippen molar-refractivity contribution in [1.29, 1.82) is 0 Å². The van der Waals surface area contributed by atoms with E-state index in [0.29, 0.717) is 78.0 Å². The van der Waals surface area contributed by atoms with Crippen molar-refractivity contribution < 1.29 is 19.2 Å². The number of carbonyl (C=O) groups is 4. The van der Waals surface area contributed by atoms with Crippen LogP contribution in [-0.2, 0) is 20.8 Å². The number of piperidine rings is 2. The van der Waals surface area contributed by atoms with Crippen molar-refractivity contribution in [1.82, 2.24) is 45.5 Å². The van der Waals surface area contributed by atoms with Crippen LogP contribution < -0.4 is 21.1 Å². The second-order valence-corrected chi connectivity index (χ2v) is 17.6. The maximum Gasteiger partial charge on any atom is 0.318 e. The van der Waals surface area contributed by atoms with Crippen LogP contribution in [0.3, 0.4) is 0 Å². The lowest BCUT2D eigenvalue weighted by Crippen LogP contribution is -2.59. The molecule has 5 amide bonds. The number of rotatable bonds is 13. The number of hydrogen-bond donors (Lipinski definition) is 4. The Morgan fingerprint density at radius 1 is 0.810 bits per heavy atom. The van der Waals surface area contributed by atoms with Gasteiger partial charge in [-0.1, -0.05) is 37.6 Å². The van der Waals surface area contributed by atoms with Gasteiger partial charge in [-0.15, -0.1) is 0 Å². The molecule has 0 saturated carbocycles. The number of carbonyl (C=O) groups excluding carboxylic acids is 4. The van der Waals surface area contributed by atoms with Gasteiger partial charge in [0.15, 0.2) is 0 Å². The van der Waals surface area contributed by atoms with Gasteiger partial charge in [-0.25, -0.2) is 4.79 Å². The largest absolute Gasteiger partial charge is 0.368 e. The van der Waals surface area contributed by atoms with Gasteiger partial charge in [0.1, 0.15) is 12.1 Å². The molecule has 0 radical (unpaired) electrons. The van der Waals surface area contributed by atoms with E-state index in [4.69, 9.17) is 0 Å². The number of hydrogen-bond acceptors (Lipinski definition) is 8. The van der Waals surface area contributed by atoms with E-state index < -0.39 is 18.0 Å². The van der Waals surface area contributed by atoms with Crippen molar-refractivity contribution in [3.8, 4) is 0 Å². The molecule has 5 aromatic rings. The van der Waals surface area contributed by atoms with E-state index in [2.05, 4.69) is 42.6 Å². The highest BCUT2D eigenvalue weighted by Gasteiger charge is 2.36. The van der Waals surface area contributed by atoms with Crippen LogP contribution in [-0.4, -0.2) is 123 Å². The second-order valence-electron chi connectivity index (χ2n) is 17.6. The van der Waals surface area contributed by atoms with Crippen molar-refractivity contribution in [2.24, 2.45) is 5.92 Å². The van der Waals surface area contributed by atoms with Crippen molar-refractivity contribution in [3.05, 3.63) is 100 Å². The molecule has 15 heteroatoms. The Balaban J connectivity index is 0.988. The van der Waals surface area contributed by atoms with Crippen LogP contribution in [0.5, 0.6) is 0 Å². The number of aromatic nitrogens is 4. The van der Waals surface area contributed by atoms with Crippen molar-refractivity contribution in [3.63, 3.8) is 0 Å². The molecule has 4 N–H and O–H groups in total. The Labute approximate surface area is 368 Å². The molecule has 0 bridgehead atoms. The molecule has 3 aromatic heterocycles. The molecule has 15 nitrogen and oxygen atoms in total. The zero-order valence-corrected chi connectivity index (χ0v) is 36.5. The number of aromatic amines is 2. The van der Waals surface area contributed by atoms with Gasteiger partial charge >= 0.3 is 6.03 Å². The highest BCUT2D eigenvalue weighted by molar-refractivity contribution is 5.92. The fourth-order valence-corrected chi connectivity index (χ4v) is 9.67. The van der Waals surface area contributed by atoms with Gasteiger partial charge in [0.25, 0.3) is 5.56 Å². The third-order valence-corrected chi connectivity index (χ3v) is 13.4. The first kappa shape index (κ1) is 43.4. The number of likely N-dealkylation sites (tertiary alicyclic amines) is 2. The van der Waals surface area contributed by atoms with Gasteiger partial charge in [0, 0.05) is 99.7 Å². The molecule has 3 fully saturated rings. The summed E-state index contributed by atoms with van der Waals surface area (Å²) in [6.07, 6.45) is 11.0. The number of nitrogens with zero attached hydrogens (tertiary/aromatic N) is 6. The molecule has 0 unspecified atom stereocenters. The van der Waals surface area contributed by atoms with Crippen LogP contribution >= 0.6 is 0 Å². The fourth-order valence-electron chi connectivity index (χ4n) is 9.67. The number of anilines is 1. The number of para-hydroxylation sites is 1. The number of unbranched alkanes of at least 4 members (excludes halogenated alkanes) is 1. The van der Waals surface area contributed by atoms with Crippen LogP contribution in [0.15, 0.2) is 78.0 Å². The van der Waals surface area contributed by atoms with Gasteiger partial charge in [-0.05, 0) is 104 Å². The van der Waals surface area contributed by atoms with E-state index in [1.54, 1.807) is 23.5 Å². The molecular weight excluding hydrogens is 797 g/mol. The monoisotopic (exact) mass is 856 g/mol. The lowest BCUT2D eigenvalue weighted by Gasteiger charge is -2.39. The van der Waals surface area contributed by atoms with Crippen LogP contribution in [0.4, 0.5) is 10.5 Å². The minimum Gasteiger partial charge on any atom is -0.368 e. The molecule has 3 saturated heterocycles. The van der Waals surface area contributed by atoms with E-state index >= 15 is 0 Å². The van der Waals surface area contributed by atoms with Crippen molar-refractivity contribution >= 4 is 51.2 Å². The average Bonchev–Trinajstić information content (AvgIpc) is 3.80. The lowest BCUT2D eigenvalue weighted by molar-refractivity contribution is -0.138. The molecular formula is C48H60N10O5. The van der Waals surface area contributed by atoms with Crippen LogP contribution in [0.2, 0.25) is 0 Å². The predicted octanol–water partition coefficient (Wildman–Crippen LogP) is 5.26. The van der Waals surface area contributed by atoms with Crippen molar-refractivity contribution in [2.45, 2.75) is 89.6 Å². The highest BCUT2D eigenvalue weighted by Crippen LogP contribution is 2.29. The van der Waals surface area contributed by atoms with Crippen LogP contribution in [0, 0.1) is 12.8 Å². The summed E-state index contributed by atoms with van der Waals surface area (Å²) < 4.78 is 0. The van der Waals surface area contributed by atoms with Gasteiger partial charge in [-0.2, -0.15) is 5.10 Å². The Bertz CT molecular complexity index is 2450. The fraction of sp³-hybridized carbons (Fsp3) is 0.479. The van der Waals surface area contributed by atoms with Gasteiger partial charge in [0.05, 0.1) is 11.7 Å². The zero-order valence-electron chi connectivity index (χ0n) is 36.5. The summed E-state index contributed by atoms with van der Waals surface area (Å²) in [5.74, 6) is -0.261. The lowest BCUT2D eigenvalue weighted by atomic mass is 9.89. The molecule has 0 spiro atoms. The van der Waals surface area contributed by atoms with Crippen LogP contribution in [0.1, 0.15) is 80.9 Å². The molecule has 63 heavy (non-hydrogen) atoms. The topological polar surface area (TPSA) is 180 Å². The number of amides is 5. The number of piperazine rings is 1. The number of nitrogens with one attached hydrogen (secondary N) is 4. The van der Waals surface area contributed by atoms with Crippen LogP contribution in [0.25, 0.3) is 21.8 Å². The smallest absolute Gasteiger partial charge is 0.318 e. The maximum absolute atomic E-state index is 14.7. The van der Waals surface area contributed by atoms with Crippen molar-refractivity contribution in [2.75, 3.05) is 57.3 Å². The number of benzene rings is 2. The summed E-state index contributed by atoms with van der Waals surface area (Å²) in [7, 11) is 0. The van der Waals surface area contributed by atoms with E-state index in [-0.39, 0.29) is 41.7 Å². The normalized spacial score (nSPS) is 17.5. The summed E-state index contributed by atoms with van der Waals surface area (Å²) in [5, 5.41) is 15.4. The first-order chi connectivity index (χ1) is 30.6. The first-order valence-corrected chi connectivity index (χ1v) is 22.8. The number of H-pyrrole nitrogens is 2. The molecule has 0 aliphatic carbocycles. The molecule has 8 rings (SSSR count). The second kappa shape index (κ2) is 19.9. The predicted molar refractivity (Wildman–Crippen MR) is 243 cm³/mol. The quantitative estimate of drug-likeness (QED) is 0.124. The van der Waals surface area contributed by atoms with E-state index in [0.717, 1.165) is 69.9 Å². The number of pyridine rings is 2. The number of urea groups is 1. The Morgan fingerprint density at radius 2 is 1.54 bits per heavy atom. The molecule has 332 valence electrons. The molecule has 6 heterocycles. The number of aryl methyl sites for hydroxylation is 1. The summed E-state index contributed by atoms with van der Waals surface area (Å²) in [6, 6.07) is 15.4. The highest BCUT2D eigenvalue weighted by atomic mass is 16.2. The average molecular weight is 857 g/mol. The Hall–Kier alpha value is -6.25. The molecule has 3 aliphatic rings. The summed E-state index contributed by atoms with van der Waals surface area (Å²) in [6.45, 7) is 8.47. The Morgan fingerprint density at radius 3 is 2.29 bits per heavy atom. The third kappa shape index (κ3) is 10.3. The summed E-state index contributed by atoms with van der Waals surface area (Å²) in [5.41, 5.74) is 5.19. The van der Waals surface area contributed by atoms with E-state index in [9.17, 15) is 24.0 Å². The Kier molecular flexibility index (Phi) is 13.7. The third-order valence-electron chi connectivity index (χ3n) is 13.4. The summed E-state index contributed by atoms with van der Waals surface area (Å²) in [4.78, 5) is 84.3. The van der Waals surface area contributed by atoms with Gasteiger partial charge < -0.3 is 35.2 Å². The first-order valence-electron chi connectivity index (χ1n) is 22.8. The minimum atomic E-state index is -0.987. The van der Waals surface area contributed by atoms with E-state index in [1.165, 1.54) is 0 Å². The molecule has 2 aromatic carbocycles. The minimum absolute atomic E-state index is 0.00849. The standard InChI is InChI=1S/C48H60N10O5/c1-3-4-9-43(59)56-18-12-33(13-19-56)28-42(47(62)57-24-22-55(23-25-57)38-10-16-49-17-11-38)52-46(61)41(29-34-26-32(2)44-37(27-34)31-50-54-44)53-48(63)58-20-14-35(15-21-58)39-30-36-7-5-6-8-40(36)51-45(39)60/h5-8,10-11,16-17,26-27,30-31,33,35,41-42H,3-4,9,12-15,18-25,28-29H2,1-2H3,(H,50,54)(H,51,60)(H,52,61)(H,53,63)/t41-,42+/m0/s1. The van der Waals surface area contributed by atoms with Gasteiger partial charge in [-0.3, -0.25) is 29.3 Å². The maximum atomic E-state index is 14.7.